The van der Waals surface area contributed by atoms with Crippen molar-refractivity contribution in [2.24, 2.45) is 5.41 Å². The number of aryl methyl sites for hydroxylation is 2. The topological polar surface area (TPSA) is 6.48 Å². The fourth-order valence-electron chi connectivity index (χ4n) is 9.20. The Morgan fingerprint density at radius 3 is 1.22 bits per heavy atom. The maximum atomic E-state index is 2.47. The van der Waals surface area contributed by atoms with Crippen molar-refractivity contribution in [2.75, 3.05) is 9.80 Å². The number of rotatable bonds is 8. The zero-order valence-corrected chi connectivity index (χ0v) is 39.4. The van der Waals surface area contributed by atoms with Gasteiger partial charge in [-0.15, -0.1) is 0 Å². The Bertz CT molecular complexity index is 3240. The second kappa shape index (κ2) is 17.4. The molecule has 65 heavy (non-hydrogen) atoms. The van der Waals surface area contributed by atoms with E-state index in [-0.39, 0.29) is 5.41 Å². The van der Waals surface area contributed by atoms with E-state index in [0.29, 0.717) is 5.41 Å². The number of benzene rings is 10. The van der Waals surface area contributed by atoms with Crippen molar-refractivity contribution in [3.63, 3.8) is 0 Å². The molecular formula is C63H60N2. The normalized spacial score (nSPS) is 11.8. The van der Waals surface area contributed by atoms with Gasteiger partial charge in [0.25, 0.3) is 0 Å². The van der Waals surface area contributed by atoms with Crippen LogP contribution in [0.2, 0.25) is 0 Å². The number of para-hydroxylation sites is 2. The minimum atomic E-state index is 0.00513. The van der Waals surface area contributed by atoms with E-state index in [4.69, 9.17) is 0 Å². The van der Waals surface area contributed by atoms with Crippen LogP contribution in [-0.4, -0.2) is 0 Å². The lowest BCUT2D eigenvalue weighted by molar-refractivity contribution is 0.469. The van der Waals surface area contributed by atoms with Crippen molar-refractivity contribution < 1.29 is 0 Å². The molecule has 2 heteroatoms. The highest BCUT2D eigenvalue weighted by Gasteiger charge is 2.25. The minimum Gasteiger partial charge on any atom is -0.310 e. The molecule has 0 heterocycles. The number of hydrogen-bond acceptors (Lipinski definition) is 2. The molecule has 2 nitrogen and oxygen atoms in total. The lowest BCUT2D eigenvalue weighted by atomic mass is 9.81. The van der Waals surface area contributed by atoms with Gasteiger partial charge in [0.1, 0.15) is 0 Å². The smallest absolute Gasteiger partial charge is 0.0540 e. The molecule has 0 N–H and O–H groups in total. The van der Waals surface area contributed by atoms with Gasteiger partial charge in [0, 0.05) is 33.5 Å². The van der Waals surface area contributed by atoms with Crippen LogP contribution in [0.4, 0.5) is 34.1 Å². The maximum absolute atomic E-state index is 2.47. The predicted molar refractivity (Wildman–Crippen MR) is 284 cm³/mol. The number of hydrogen-bond donors (Lipinski definition) is 0. The average molecular weight is 845 g/mol. The highest BCUT2D eigenvalue weighted by atomic mass is 15.2. The summed E-state index contributed by atoms with van der Waals surface area (Å²) in [5.41, 5.74) is 16.1. The van der Waals surface area contributed by atoms with E-state index >= 15 is 0 Å². The molecule has 0 amide bonds. The van der Waals surface area contributed by atoms with Crippen LogP contribution in [-0.2, 0) is 5.41 Å². The Morgan fingerprint density at radius 2 is 0.738 bits per heavy atom. The summed E-state index contributed by atoms with van der Waals surface area (Å²) >= 11 is 0. The van der Waals surface area contributed by atoms with E-state index in [1.54, 1.807) is 0 Å². The first-order valence-corrected chi connectivity index (χ1v) is 23.0. The SMILES string of the molecule is CC(C)(C)C.Cc1ccc(-c2ccccc2)cc1N(c1ccccc1)c1ccc2ccc3c(N(c4ccccc4)c4cc(-c5ccccc5C(C)(C)C)ccc4C)ccc4ccc1c2c43. The van der Waals surface area contributed by atoms with E-state index in [1.165, 1.54) is 76.9 Å². The Hall–Kier alpha value is -7.16. The van der Waals surface area contributed by atoms with Crippen LogP contribution in [0.1, 0.15) is 65.2 Å². The largest absolute Gasteiger partial charge is 0.310 e. The van der Waals surface area contributed by atoms with E-state index < -0.39 is 0 Å². The van der Waals surface area contributed by atoms with E-state index in [2.05, 4.69) is 272 Å². The molecule has 0 spiro atoms. The van der Waals surface area contributed by atoms with Gasteiger partial charge >= 0.3 is 0 Å². The molecule has 10 aromatic carbocycles. The zero-order chi connectivity index (χ0) is 45.5. The first-order valence-electron chi connectivity index (χ1n) is 23.0. The summed E-state index contributed by atoms with van der Waals surface area (Å²) in [5, 5.41) is 7.46. The minimum absolute atomic E-state index is 0.00513. The van der Waals surface area contributed by atoms with Crippen LogP contribution in [0, 0.1) is 19.3 Å². The molecule has 0 aliphatic heterocycles. The first kappa shape index (κ1) is 43.1. The lowest BCUT2D eigenvalue weighted by Crippen LogP contribution is -2.14. The molecule has 0 atom stereocenters. The molecule has 0 radical (unpaired) electrons. The fraction of sp³-hybridized carbons (Fsp3) is 0.175. The van der Waals surface area contributed by atoms with Crippen molar-refractivity contribution in [3.8, 4) is 22.3 Å². The van der Waals surface area contributed by atoms with Gasteiger partial charge in [-0.2, -0.15) is 0 Å². The molecule has 0 saturated carbocycles. The van der Waals surface area contributed by atoms with Gasteiger partial charge in [-0.05, 0) is 134 Å². The summed E-state index contributed by atoms with van der Waals surface area (Å²) in [7, 11) is 0. The molecule has 0 aliphatic rings. The summed E-state index contributed by atoms with van der Waals surface area (Å²) < 4.78 is 0. The van der Waals surface area contributed by atoms with Crippen molar-refractivity contribution in [1.82, 2.24) is 0 Å². The molecule has 0 bridgehead atoms. The molecular weight excluding hydrogens is 785 g/mol. The van der Waals surface area contributed by atoms with Crippen molar-refractivity contribution >= 4 is 66.4 Å². The quantitative estimate of drug-likeness (QED) is 0.141. The number of nitrogens with zero attached hydrogens (tertiary/aromatic N) is 2. The monoisotopic (exact) mass is 844 g/mol. The third kappa shape index (κ3) is 8.74. The number of anilines is 6. The second-order valence-electron chi connectivity index (χ2n) is 20.1. The molecule has 10 aromatic rings. The molecule has 0 aliphatic carbocycles. The molecule has 10 rings (SSSR count). The van der Waals surface area contributed by atoms with Crippen molar-refractivity contribution in [3.05, 3.63) is 217 Å². The average Bonchev–Trinajstić information content (AvgIpc) is 3.30. The lowest BCUT2D eigenvalue weighted by Gasteiger charge is -2.31. The highest BCUT2D eigenvalue weighted by molar-refractivity contribution is 6.28. The third-order valence-corrected chi connectivity index (χ3v) is 12.2. The van der Waals surface area contributed by atoms with Gasteiger partial charge in [-0.1, -0.05) is 200 Å². The van der Waals surface area contributed by atoms with Crippen LogP contribution in [0.15, 0.2) is 200 Å². The highest BCUT2D eigenvalue weighted by Crippen LogP contribution is 2.49. The van der Waals surface area contributed by atoms with Gasteiger partial charge in [0.15, 0.2) is 0 Å². The van der Waals surface area contributed by atoms with Crippen molar-refractivity contribution in [1.29, 1.82) is 0 Å². The van der Waals surface area contributed by atoms with Crippen LogP contribution in [0.25, 0.3) is 54.6 Å². The standard InChI is InChI=1S/C58H48N2.C5H12/c1-39-25-27-44(41-17-9-6-10-18-41)37-54(39)59(46-19-11-7-12-20-46)52-35-31-42-30-34-50-53(36-32-43-29-33-49(52)56(42)57(43)50)60(47-21-13-8-14-22-47)55-38-45(28-26-40(55)2)48-23-15-16-24-51(48)58(3,4)5;1-5(2,3)4/h6-38H,1-5H3;1-4H3. The molecule has 0 unspecified atom stereocenters. The molecule has 322 valence electrons. The van der Waals surface area contributed by atoms with Gasteiger partial charge in [0.2, 0.25) is 0 Å². The Balaban J connectivity index is 0.00000101. The van der Waals surface area contributed by atoms with Crippen LogP contribution in [0.5, 0.6) is 0 Å². The summed E-state index contributed by atoms with van der Waals surface area (Å²) in [5.74, 6) is 0. The Morgan fingerprint density at radius 1 is 0.338 bits per heavy atom. The summed E-state index contributed by atoms with van der Waals surface area (Å²) in [6.07, 6.45) is 0. The Labute approximate surface area is 386 Å². The predicted octanol–water partition coefficient (Wildman–Crippen LogP) is 18.8. The first-order chi connectivity index (χ1) is 31.2. The van der Waals surface area contributed by atoms with E-state index in [0.717, 1.165) is 28.4 Å². The second-order valence-corrected chi connectivity index (χ2v) is 20.1. The maximum Gasteiger partial charge on any atom is 0.0540 e. The molecule has 0 fully saturated rings. The molecule has 0 aromatic heterocycles. The van der Waals surface area contributed by atoms with Crippen LogP contribution < -0.4 is 9.80 Å². The van der Waals surface area contributed by atoms with E-state index in [9.17, 15) is 0 Å². The van der Waals surface area contributed by atoms with E-state index in [1.807, 2.05) is 0 Å². The Kier molecular flexibility index (Phi) is 11.6. The van der Waals surface area contributed by atoms with Crippen LogP contribution >= 0.6 is 0 Å². The van der Waals surface area contributed by atoms with Gasteiger partial charge in [0.05, 0.1) is 11.4 Å². The zero-order valence-electron chi connectivity index (χ0n) is 39.4. The van der Waals surface area contributed by atoms with Gasteiger partial charge in [-0.25, -0.2) is 0 Å². The molecule has 0 saturated heterocycles. The summed E-state index contributed by atoms with van der Waals surface area (Å²) in [6.45, 7) is 20.1. The van der Waals surface area contributed by atoms with Gasteiger partial charge < -0.3 is 9.80 Å². The fourth-order valence-corrected chi connectivity index (χ4v) is 9.20. The van der Waals surface area contributed by atoms with Crippen molar-refractivity contribution in [2.45, 2.75) is 67.7 Å². The third-order valence-electron chi connectivity index (χ3n) is 12.2. The van der Waals surface area contributed by atoms with Crippen LogP contribution in [0.3, 0.4) is 0 Å². The summed E-state index contributed by atoms with van der Waals surface area (Å²) in [6, 6.07) is 73.6. The summed E-state index contributed by atoms with van der Waals surface area (Å²) in [4.78, 5) is 4.93. The van der Waals surface area contributed by atoms with Gasteiger partial charge in [-0.3, -0.25) is 0 Å².